The minimum atomic E-state index is 0.242. The van der Waals surface area contributed by atoms with E-state index >= 15 is 0 Å². The topological polar surface area (TPSA) is 64.9 Å². The molecule has 0 amide bonds. The molecule has 70 valence electrons. The summed E-state index contributed by atoms with van der Waals surface area (Å²) in [5.74, 6) is 0.789. The van der Waals surface area contributed by atoms with Gasteiger partial charge in [-0.3, -0.25) is 4.98 Å². The minimum absolute atomic E-state index is 0.242. The number of rotatable bonds is 0. The molecule has 2 aromatic heterocycles. The predicted octanol–water partition coefficient (Wildman–Crippen LogP) is 1.42. The smallest absolute Gasteiger partial charge is 0.292 e. The SMILES string of the molecule is Nc1nc2c(o1)-c1cccnc1CC2. The number of nitrogen functional groups attached to an aromatic ring is 1. The van der Waals surface area contributed by atoms with Crippen LogP contribution in [0, 0.1) is 0 Å². The van der Waals surface area contributed by atoms with Crippen LogP contribution in [0.1, 0.15) is 11.4 Å². The first-order valence-corrected chi connectivity index (χ1v) is 4.54. The number of aryl methyl sites for hydroxylation is 2. The zero-order valence-corrected chi connectivity index (χ0v) is 7.53. The van der Waals surface area contributed by atoms with Gasteiger partial charge in [-0.05, 0) is 25.0 Å². The van der Waals surface area contributed by atoms with Crippen molar-refractivity contribution in [1.82, 2.24) is 9.97 Å². The first-order valence-electron chi connectivity index (χ1n) is 4.54. The van der Waals surface area contributed by atoms with Gasteiger partial charge in [-0.25, -0.2) is 0 Å². The molecule has 0 aliphatic heterocycles. The van der Waals surface area contributed by atoms with Crippen molar-refractivity contribution in [2.45, 2.75) is 12.8 Å². The van der Waals surface area contributed by atoms with E-state index in [-0.39, 0.29) is 6.01 Å². The van der Waals surface area contributed by atoms with Crippen LogP contribution in [-0.4, -0.2) is 9.97 Å². The van der Waals surface area contributed by atoms with Gasteiger partial charge in [0.2, 0.25) is 0 Å². The summed E-state index contributed by atoms with van der Waals surface area (Å²) in [5, 5.41) is 0. The summed E-state index contributed by atoms with van der Waals surface area (Å²) < 4.78 is 5.36. The highest BCUT2D eigenvalue weighted by Gasteiger charge is 2.21. The molecule has 0 aromatic carbocycles. The molecule has 3 rings (SSSR count). The van der Waals surface area contributed by atoms with E-state index in [0.717, 1.165) is 35.6 Å². The van der Waals surface area contributed by atoms with Crippen LogP contribution in [0.4, 0.5) is 6.01 Å². The van der Waals surface area contributed by atoms with E-state index in [1.165, 1.54) is 0 Å². The molecule has 0 bridgehead atoms. The summed E-state index contributed by atoms with van der Waals surface area (Å²) in [6.07, 6.45) is 3.57. The Hall–Kier alpha value is -1.84. The van der Waals surface area contributed by atoms with Gasteiger partial charge in [-0.2, -0.15) is 4.98 Å². The molecular formula is C10H9N3O. The molecule has 4 nitrogen and oxygen atoms in total. The number of oxazole rings is 1. The lowest BCUT2D eigenvalue weighted by Crippen LogP contribution is -2.04. The lowest BCUT2D eigenvalue weighted by atomic mass is 9.98. The van der Waals surface area contributed by atoms with Crippen LogP contribution >= 0.6 is 0 Å². The number of fused-ring (bicyclic) bond motifs is 3. The number of nitrogens with zero attached hydrogens (tertiary/aromatic N) is 2. The predicted molar refractivity (Wildman–Crippen MR) is 51.6 cm³/mol. The zero-order valence-electron chi connectivity index (χ0n) is 7.53. The Morgan fingerprint density at radius 2 is 2.14 bits per heavy atom. The molecule has 0 radical (unpaired) electrons. The second-order valence-electron chi connectivity index (χ2n) is 3.33. The maximum Gasteiger partial charge on any atom is 0.292 e. The van der Waals surface area contributed by atoms with E-state index < -0.39 is 0 Å². The highest BCUT2D eigenvalue weighted by atomic mass is 16.4. The van der Waals surface area contributed by atoms with Gasteiger partial charge in [-0.15, -0.1) is 0 Å². The van der Waals surface area contributed by atoms with Gasteiger partial charge in [-0.1, -0.05) is 0 Å². The van der Waals surface area contributed by atoms with Gasteiger partial charge in [0.25, 0.3) is 6.01 Å². The van der Waals surface area contributed by atoms with Crippen LogP contribution in [-0.2, 0) is 12.8 Å². The molecule has 2 heterocycles. The molecule has 2 N–H and O–H groups in total. The van der Waals surface area contributed by atoms with E-state index in [4.69, 9.17) is 10.2 Å². The average Bonchev–Trinajstić information content (AvgIpc) is 2.59. The second-order valence-corrected chi connectivity index (χ2v) is 3.33. The third-order valence-electron chi connectivity index (χ3n) is 2.45. The molecule has 0 spiro atoms. The fourth-order valence-corrected chi connectivity index (χ4v) is 1.83. The Kier molecular flexibility index (Phi) is 1.39. The van der Waals surface area contributed by atoms with Crippen LogP contribution in [0.25, 0.3) is 11.3 Å². The zero-order chi connectivity index (χ0) is 9.54. The first-order chi connectivity index (χ1) is 6.84. The molecular weight excluding hydrogens is 178 g/mol. The van der Waals surface area contributed by atoms with Crippen LogP contribution < -0.4 is 5.73 Å². The summed E-state index contributed by atoms with van der Waals surface area (Å²) in [4.78, 5) is 8.43. The van der Waals surface area contributed by atoms with Crippen molar-refractivity contribution in [3.63, 3.8) is 0 Å². The Morgan fingerprint density at radius 1 is 1.29 bits per heavy atom. The monoisotopic (exact) mass is 187 g/mol. The van der Waals surface area contributed by atoms with Crippen LogP contribution in [0.3, 0.4) is 0 Å². The fourth-order valence-electron chi connectivity index (χ4n) is 1.83. The maximum atomic E-state index is 5.52. The standard InChI is InChI=1S/C10H9N3O/c11-10-13-8-4-3-7-6(9(8)14-10)2-1-5-12-7/h1-2,5H,3-4H2,(H2,11,13). The van der Waals surface area contributed by atoms with E-state index in [1.54, 1.807) is 6.20 Å². The van der Waals surface area contributed by atoms with Gasteiger partial charge >= 0.3 is 0 Å². The van der Waals surface area contributed by atoms with Gasteiger partial charge in [0.05, 0.1) is 11.4 Å². The number of hydrogen-bond donors (Lipinski definition) is 1. The first kappa shape index (κ1) is 7.55. The molecule has 0 saturated heterocycles. The fraction of sp³-hybridized carbons (Fsp3) is 0.200. The largest absolute Gasteiger partial charge is 0.423 e. The Balaban J connectivity index is 2.28. The van der Waals surface area contributed by atoms with Crippen LogP contribution in [0.15, 0.2) is 22.7 Å². The lowest BCUT2D eigenvalue weighted by Gasteiger charge is -2.11. The second kappa shape index (κ2) is 2.57. The summed E-state index contributed by atoms with van der Waals surface area (Å²) in [6, 6.07) is 4.13. The van der Waals surface area contributed by atoms with Crippen molar-refractivity contribution in [1.29, 1.82) is 0 Å². The third kappa shape index (κ3) is 0.937. The Bertz CT molecular complexity index is 490. The summed E-state index contributed by atoms with van der Waals surface area (Å²) in [5.41, 5.74) is 8.56. The van der Waals surface area contributed by atoms with Gasteiger partial charge in [0, 0.05) is 11.8 Å². The van der Waals surface area contributed by atoms with Crippen LogP contribution in [0.5, 0.6) is 0 Å². The van der Waals surface area contributed by atoms with Crippen molar-refractivity contribution >= 4 is 6.01 Å². The maximum absolute atomic E-state index is 5.52. The number of hydrogen-bond acceptors (Lipinski definition) is 4. The van der Waals surface area contributed by atoms with E-state index in [0.29, 0.717) is 0 Å². The van der Waals surface area contributed by atoms with Gasteiger partial charge in [0.15, 0.2) is 5.76 Å². The third-order valence-corrected chi connectivity index (χ3v) is 2.45. The molecule has 2 aromatic rings. The summed E-state index contributed by atoms with van der Waals surface area (Å²) in [7, 11) is 0. The molecule has 14 heavy (non-hydrogen) atoms. The minimum Gasteiger partial charge on any atom is -0.423 e. The van der Waals surface area contributed by atoms with E-state index in [2.05, 4.69) is 9.97 Å². The van der Waals surface area contributed by atoms with Crippen molar-refractivity contribution in [3.05, 3.63) is 29.7 Å². The highest BCUT2D eigenvalue weighted by Crippen LogP contribution is 2.33. The summed E-state index contributed by atoms with van der Waals surface area (Å²) in [6.45, 7) is 0. The number of nitrogens with two attached hydrogens (primary N) is 1. The normalized spacial score (nSPS) is 13.4. The molecule has 4 heteroatoms. The van der Waals surface area contributed by atoms with Crippen molar-refractivity contribution in [3.8, 4) is 11.3 Å². The van der Waals surface area contributed by atoms with Crippen molar-refractivity contribution in [2.75, 3.05) is 5.73 Å². The van der Waals surface area contributed by atoms with Gasteiger partial charge in [0.1, 0.15) is 0 Å². The molecule has 1 aliphatic rings. The molecule has 0 saturated carbocycles. The molecule has 0 atom stereocenters. The molecule has 1 aliphatic carbocycles. The average molecular weight is 187 g/mol. The quantitative estimate of drug-likeness (QED) is 0.677. The highest BCUT2D eigenvalue weighted by molar-refractivity contribution is 5.65. The van der Waals surface area contributed by atoms with E-state index in [1.807, 2.05) is 12.1 Å². The van der Waals surface area contributed by atoms with Gasteiger partial charge < -0.3 is 10.2 Å². The molecule has 0 fully saturated rings. The summed E-state index contributed by atoms with van der Waals surface area (Å²) >= 11 is 0. The van der Waals surface area contributed by atoms with Crippen molar-refractivity contribution in [2.24, 2.45) is 0 Å². The van der Waals surface area contributed by atoms with Crippen molar-refractivity contribution < 1.29 is 4.42 Å². The Morgan fingerprint density at radius 3 is 3.07 bits per heavy atom. The number of pyridine rings is 1. The van der Waals surface area contributed by atoms with Crippen LogP contribution in [0.2, 0.25) is 0 Å². The number of anilines is 1. The molecule has 0 unspecified atom stereocenters. The lowest BCUT2D eigenvalue weighted by molar-refractivity contribution is 0.589. The Labute approximate surface area is 80.8 Å². The number of aromatic nitrogens is 2. The van der Waals surface area contributed by atoms with E-state index in [9.17, 15) is 0 Å².